The third-order valence-electron chi connectivity index (χ3n) is 4.77. The first-order chi connectivity index (χ1) is 10.4. The fourth-order valence-corrected chi connectivity index (χ4v) is 2.72. The van der Waals surface area contributed by atoms with E-state index in [9.17, 15) is 18.0 Å². The average Bonchev–Trinajstić information content (AvgIpc) is 2.86. The molecule has 1 aromatic carbocycles. The van der Waals surface area contributed by atoms with Crippen LogP contribution in [0, 0.1) is 0 Å². The van der Waals surface area contributed by atoms with Gasteiger partial charge >= 0.3 is 13.3 Å². The summed E-state index contributed by atoms with van der Waals surface area (Å²) in [7, 11) is -0.945. The van der Waals surface area contributed by atoms with Gasteiger partial charge in [-0.05, 0) is 50.9 Å². The third kappa shape index (κ3) is 2.53. The van der Waals surface area contributed by atoms with Crippen molar-refractivity contribution < 1.29 is 27.3 Å². The van der Waals surface area contributed by atoms with Gasteiger partial charge in [0.15, 0.2) is 0 Å². The van der Waals surface area contributed by atoms with Crippen LogP contribution in [0.1, 0.15) is 49.2 Å². The van der Waals surface area contributed by atoms with Crippen molar-refractivity contribution in [2.45, 2.75) is 51.6 Å². The lowest BCUT2D eigenvalue weighted by atomic mass is 9.76. The van der Waals surface area contributed by atoms with Gasteiger partial charge in [0.05, 0.1) is 16.8 Å². The molecule has 4 nitrogen and oxygen atoms in total. The van der Waals surface area contributed by atoms with Crippen LogP contribution in [0.4, 0.5) is 13.2 Å². The Balaban J connectivity index is 2.09. The van der Waals surface area contributed by atoms with Crippen LogP contribution in [-0.2, 0) is 22.0 Å². The molecule has 0 atom stereocenters. The molecule has 3 rings (SSSR count). The molecular weight excluding hydrogens is 310 g/mol. The van der Waals surface area contributed by atoms with Crippen LogP contribution in [-0.4, -0.2) is 24.2 Å². The van der Waals surface area contributed by atoms with E-state index in [2.05, 4.69) is 5.32 Å². The molecule has 0 aliphatic carbocycles. The molecule has 1 N–H and O–H groups in total. The quantitative estimate of drug-likeness (QED) is 0.805. The van der Waals surface area contributed by atoms with Crippen molar-refractivity contribution in [3.63, 3.8) is 0 Å². The Kier molecular flexibility index (Phi) is 3.36. The van der Waals surface area contributed by atoms with Crippen molar-refractivity contribution in [1.82, 2.24) is 5.32 Å². The van der Waals surface area contributed by atoms with Gasteiger partial charge in [0.1, 0.15) is 0 Å². The van der Waals surface area contributed by atoms with E-state index in [0.29, 0.717) is 0 Å². The fraction of sp³-hybridized carbons (Fsp3) is 0.533. The molecule has 2 heterocycles. The molecule has 23 heavy (non-hydrogen) atoms. The van der Waals surface area contributed by atoms with Crippen molar-refractivity contribution >= 4 is 18.5 Å². The molecule has 0 unspecified atom stereocenters. The second-order valence-corrected chi connectivity index (χ2v) is 6.86. The number of hydrogen-bond acceptors (Lipinski definition) is 3. The summed E-state index contributed by atoms with van der Waals surface area (Å²) >= 11 is 0. The van der Waals surface area contributed by atoms with Gasteiger partial charge in [0.25, 0.3) is 5.91 Å². The number of benzene rings is 1. The standard InChI is InChI=1S/C15H17BF3NO3/c1-13(2)14(3,4)23-16(22-13)8-5-9-10(7-20-12(9)21)11(6-8)15(17,18)19/h5-6H,7H2,1-4H3,(H,20,21). The van der Waals surface area contributed by atoms with Crippen molar-refractivity contribution in [3.8, 4) is 0 Å². The zero-order chi connectivity index (χ0) is 17.2. The maximum Gasteiger partial charge on any atom is 0.494 e. The SMILES string of the molecule is CC1(C)OB(c2cc3c(c(C(F)(F)F)c2)CNC3=O)OC1(C)C. The summed E-state index contributed by atoms with van der Waals surface area (Å²) in [5, 5.41) is 2.43. The zero-order valence-corrected chi connectivity index (χ0v) is 13.3. The zero-order valence-electron chi connectivity index (χ0n) is 13.3. The fourth-order valence-electron chi connectivity index (χ4n) is 2.72. The van der Waals surface area contributed by atoms with E-state index < -0.39 is 36.0 Å². The molecule has 2 aliphatic rings. The second-order valence-electron chi connectivity index (χ2n) is 6.86. The van der Waals surface area contributed by atoms with Crippen LogP contribution in [0.3, 0.4) is 0 Å². The Morgan fingerprint density at radius 1 is 1.13 bits per heavy atom. The van der Waals surface area contributed by atoms with Gasteiger partial charge in [-0.25, -0.2) is 0 Å². The molecule has 1 amide bonds. The van der Waals surface area contributed by atoms with E-state index in [-0.39, 0.29) is 23.1 Å². The van der Waals surface area contributed by atoms with Crippen molar-refractivity contribution in [2.75, 3.05) is 0 Å². The van der Waals surface area contributed by atoms with Crippen molar-refractivity contribution in [1.29, 1.82) is 0 Å². The first-order valence-electron chi connectivity index (χ1n) is 7.30. The van der Waals surface area contributed by atoms with Crippen LogP contribution in [0.25, 0.3) is 0 Å². The number of nitrogens with one attached hydrogen (secondary N) is 1. The number of rotatable bonds is 1. The van der Waals surface area contributed by atoms with Gasteiger partial charge in [0.2, 0.25) is 0 Å². The Labute approximate surface area is 132 Å². The molecule has 0 saturated carbocycles. The predicted octanol–water partition coefficient (Wildman–Crippen LogP) is 2.25. The van der Waals surface area contributed by atoms with E-state index >= 15 is 0 Å². The lowest BCUT2D eigenvalue weighted by Crippen LogP contribution is -2.41. The van der Waals surface area contributed by atoms with Gasteiger partial charge in [0, 0.05) is 12.1 Å². The molecule has 1 saturated heterocycles. The predicted molar refractivity (Wildman–Crippen MR) is 78.3 cm³/mol. The van der Waals surface area contributed by atoms with E-state index in [4.69, 9.17) is 9.31 Å². The molecule has 0 spiro atoms. The number of carbonyl (C=O) groups is 1. The topological polar surface area (TPSA) is 47.6 Å². The van der Waals surface area contributed by atoms with E-state index in [1.807, 2.05) is 27.7 Å². The number of halogens is 3. The molecule has 0 bridgehead atoms. The molecule has 1 fully saturated rings. The van der Waals surface area contributed by atoms with E-state index in [0.717, 1.165) is 6.07 Å². The smallest absolute Gasteiger partial charge is 0.399 e. The number of amides is 1. The number of fused-ring (bicyclic) bond motifs is 1. The molecule has 1 aromatic rings. The summed E-state index contributed by atoms with van der Waals surface area (Å²) in [6.07, 6.45) is -4.55. The van der Waals surface area contributed by atoms with Crippen LogP contribution in [0.5, 0.6) is 0 Å². The first kappa shape index (κ1) is 16.3. The monoisotopic (exact) mass is 327 g/mol. The highest BCUT2D eigenvalue weighted by Crippen LogP contribution is 2.38. The number of alkyl halides is 3. The Bertz CT molecular complexity index is 669. The molecule has 2 aliphatic heterocycles. The molecule has 124 valence electrons. The van der Waals surface area contributed by atoms with Crippen LogP contribution < -0.4 is 10.8 Å². The normalized spacial score (nSPS) is 22.2. The van der Waals surface area contributed by atoms with Crippen molar-refractivity contribution in [2.24, 2.45) is 0 Å². The van der Waals surface area contributed by atoms with Gasteiger partial charge in [-0.1, -0.05) is 0 Å². The van der Waals surface area contributed by atoms with Gasteiger partial charge < -0.3 is 14.6 Å². The van der Waals surface area contributed by atoms with E-state index in [1.165, 1.54) is 6.07 Å². The van der Waals surface area contributed by atoms with Crippen LogP contribution in [0.2, 0.25) is 0 Å². The third-order valence-corrected chi connectivity index (χ3v) is 4.77. The Morgan fingerprint density at radius 2 is 1.70 bits per heavy atom. The molecule has 8 heteroatoms. The highest BCUT2D eigenvalue weighted by Gasteiger charge is 2.52. The minimum absolute atomic E-state index is 0.0252. The lowest BCUT2D eigenvalue weighted by Gasteiger charge is -2.32. The first-order valence-corrected chi connectivity index (χ1v) is 7.30. The highest BCUT2D eigenvalue weighted by molar-refractivity contribution is 6.62. The Morgan fingerprint density at radius 3 is 2.22 bits per heavy atom. The van der Waals surface area contributed by atoms with Crippen LogP contribution >= 0.6 is 0 Å². The van der Waals surface area contributed by atoms with Crippen LogP contribution in [0.15, 0.2) is 12.1 Å². The minimum Gasteiger partial charge on any atom is -0.399 e. The largest absolute Gasteiger partial charge is 0.494 e. The average molecular weight is 327 g/mol. The minimum atomic E-state index is -4.55. The molecule has 0 radical (unpaired) electrons. The lowest BCUT2D eigenvalue weighted by molar-refractivity contribution is -0.138. The summed E-state index contributed by atoms with van der Waals surface area (Å²) in [5.74, 6) is -0.510. The highest BCUT2D eigenvalue weighted by atomic mass is 19.4. The number of hydrogen-bond donors (Lipinski definition) is 1. The summed E-state index contributed by atoms with van der Waals surface area (Å²) in [4.78, 5) is 11.8. The Hall–Kier alpha value is -1.54. The summed E-state index contributed by atoms with van der Waals surface area (Å²) in [6.45, 7) is 7.15. The van der Waals surface area contributed by atoms with Gasteiger partial charge in [-0.3, -0.25) is 4.79 Å². The van der Waals surface area contributed by atoms with E-state index in [1.54, 1.807) is 0 Å². The summed E-state index contributed by atoms with van der Waals surface area (Å²) in [5.41, 5.74) is -1.95. The summed E-state index contributed by atoms with van der Waals surface area (Å²) in [6, 6.07) is 2.44. The maximum absolute atomic E-state index is 13.3. The summed E-state index contributed by atoms with van der Waals surface area (Å²) < 4.78 is 51.5. The molecule has 0 aromatic heterocycles. The molecular formula is C15H17BF3NO3. The van der Waals surface area contributed by atoms with Gasteiger partial charge in [-0.2, -0.15) is 13.2 Å². The number of carbonyl (C=O) groups excluding carboxylic acids is 1. The maximum atomic E-state index is 13.3. The second kappa shape index (κ2) is 4.74. The van der Waals surface area contributed by atoms with Crippen molar-refractivity contribution in [3.05, 3.63) is 28.8 Å². The van der Waals surface area contributed by atoms with Gasteiger partial charge in [-0.15, -0.1) is 0 Å².